The van der Waals surface area contributed by atoms with E-state index < -0.39 is 0 Å². The monoisotopic (exact) mass is 138 g/mol. The van der Waals surface area contributed by atoms with Gasteiger partial charge < -0.3 is 0 Å². The Morgan fingerprint density at radius 3 is 2.60 bits per heavy atom. The van der Waals surface area contributed by atoms with Crippen LogP contribution in [0.15, 0.2) is 23.8 Å². The fraction of sp³-hybridized carbons (Fsp3) is 0.444. The molecule has 0 atom stereocenters. The van der Waals surface area contributed by atoms with Gasteiger partial charge in [-0.2, -0.15) is 0 Å². The number of hydrogen-bond acceptors (Lipinski definition) is 1. The third-order valence-electron chi connectivity index (χ3n) is 1.19. The van der Waals surface area contributed by atoms with Gasteiger partial charge in [-0.15, -0.1) is 0 Å². The molecule has 0 heterocycles. The maximum absolute atomic E-state index is 9.95. The first-order valence-electron chi connectivity index (χ1n) is 3.57. The molecule has 0 saturated heterocycles. The Bertz CT molecular complexity index is 143. The molecular formula is C9H14O. The second-order valence-electron chi connectivity index (χ2n) is 2.23. The first kappa shape index (κ1) is 9.15. The van der Waals surface area contributed by atoms with E-state index in [9.17, 15) is 4.79 Å². The highest BCUT2D eigenvalue weighted by Crippen LogP contribution is 1.99. The van der Waals surface area contributed by atoms with Crippen LogP contribution in [0.4, 0.5) is 0 Å². The number of hydrogen-bond donors (Lipinski definition) is 0. The Labute approximate surface area is 62.4 Å². The normalized spacial score (nSPS) is 12.4. The van der Waals surface area contributed by atoms with E-state index in [0.717, 1.165) is 24.7 Å². The van der Waals surface area contributed by atoms with Gasteiger partial charge in [-0.25, -0.2) is 0 Å². The molecule has 1 nitrogen and oxygen atoms in total. The average Bonchev–Trinajstić information content (AvgIpc) is 1.89. The second-order valence-corrected chi connectivity index (χ2v) is 2.23. The van der Waals surface area contributed by atoms with Crippen LogP contribution in [0.25, 0.3) is 0 Å². The van der Waals surface area contributed by atoms with Crippen molar-refractivity contribution in [3.63, 3.8) is 0 Å². The van der Waals surface area contributed by atoms with Crippen molar-refractivity contribution in [2.24, 2.45) is 0 Å². The Balaban J connectivity index is 3.57. The molecular weight excluding hydrogens is 124 g/mol. The highest BCUT2D eigenvalue weighted by molar-refractivity contribution is 5.65. The van der Waals surface area contributed by atoms with E-state index in [1.165, 1.54) is 0 Å². The Kier molecular flexibility index (Phi) is 5.74. The molecule has 0 spiro atoms. The van der Waals surface area contributed by atoms with Crippen molar-refractivity contribution in [1.82, 2.24) is 0 Å². The Hall–Kier alpha value is -0.850. The summed E-state index contributed by atoms with van der Waals surface area (Å²) in [5.74, 6) is 0. The van der Waals surface area contributed by atoms with Crippen molar-refractivity contribution >= 4 is 6.29 Å². The van der Waals surface area contributed by atoms with Crippen molar-refractivity contribution in [2.45, 2.75) is 26.7 Å². The molecule has 0 radical (unpaired) electrons. The zero-order valence-corrected chi connectivity index (χ0v) is 6.63. The standard InChI is InChI=1S/C9H14O/c1-3-4-5-6-9(2)7-8-10/h4-5,7-8H,3,6H2,1-2H3/b5-4+,9-7+. The van der Waals surface area contributed by atoms with Crippen molar-refractivity contribution in [2.75, 3.05) is 0 Å². The molecule has 0 fully saturated rings. The third kappa shape index (κ3) is 5.29. The molecule has 0 unspecified atom stereocenters. The molecule has 0 aliphatic heterocycles. The Morgan fingerprint density at radius 1 is 1.40 bits per heavy atom. The van der Waals surface area contributed by atoms with Crippen molar-refractivity contribution < 1.29 is 4.79 Å². The second kappa shape index (κ2) is 6.27. The minimum Gasteiger partial charge on any atom is -0.299 e. The number of aldehydes is 1. The first-order chi connectivity index (χ1) is 4.81. The number of rotatable bonds is 4. The topological polar surface area (TPSA) is 17.1 Å². The molecule has 0 rings (SSSR count). The number of carbonyl (C=O) groups is 1. The van der Waals surface area contributed by atoms with Crippen LogP contribution in [-0.4, -0.2) is 6.29 Å². The summed E-state index contributed by atoms with van der Waals surface area (Å²) in [5.41, 5.74) is 1.11. The minimum atomic E-state index is 0.828. The summed E-state index contributed by atoms with van der Waals surface area (Å²) in [5, 5.41) is 0. The SMILES string of the molecule is CC/C=C/C/C(C)=C/C=O. The lowest BCUT2D eigenvalue weighted by molar-refractivity contribution is -0.104. The summed E-state index contributed by atoms with van der Waals surface area (Å²) >= 11 is 0. The molecule has 0 amide bonds. The smallest absolute Gasteiger partial charge is 0.142 e. The minimum absolute atomic E-state index is 0.828. The molecule has 0 saturated carbocycles. The predicted octanol–water partition coefficient (Wildman–Crippen LogP) is 2.49. The van der Waals surface area contributed by atoms with E-state index in [1.807, 2.05) is 6.92 Å². The van der Waals surface area contributed by atoms with E-state index in [2.05, 4.69) is 19.1 Å². The van der Waals surface area contributed by atoms with Gasteiger partial charge in [0.25, 0.3) is 0 Å². The van der Waals surface area contributed by atoms with Crippen LogP contribution in [0.3, 0.4) is 0 Å². The largest absolute Gasteiger partial charge is 0.299 e. The van der Waals surface area contributed by atoms with Gasteiger partial charge >= 0.3 is 0 Å². The molecule has 0 aliphatic carbocycles. The van der Waals surface area contributed by atoms with Gasteiger partial charge in [0.15, 0.2) is 0 Å². The lowest BCUT2D eigenvalue weighted by Crippen LogP contribution is -1.73. The Morgan fingerprint density at radius 2 is 2.10 bits per heavy atom. The van der Waals surface area contributed by atoms with E-state index in [-0.39, 0.29) is 0 Å². The zero-order chi connectivity index (χ0) is 7.82. The van der Waals surface area contributed by atoms with Crippen LogP contribution in [0.5, 0.6) is 0 Å². The summed E-state index contributed by atoms with van der Waals surface area (Å²) in [4.78, 5) is 9.95. The summed E-state index contributed by atoms with van der Waals surface area (Å²) in [6, 6.07) is 0. The van der Waals surface area contributed by atoms with Crippen LogP contribution >= 0.6 is 0 Å². The van der Waals surface area contributed by atoms with Crippen molar-refractivity contribution in [3.05, 3.63) is 23.8 Å². The summed E-state index contributed by atoms with van der Waals surface area (Å²) in [6.45, 7) is 4.05. The van der Waals surface area contributed by atoms with Gasteiger partial charge in [-0.1, -0.05) is 24.6 Å². The zero-order valence-electron chi connectivity index (χ0n) is 6.63. The molecule has 0 aromatic rings. The summed E-state index contributed by atoms with van der Waals surface area (Å²) in [7, 11) is 0. The van der Waals surface area contributed by atoms with Crippen LogP contribution in [0, 0.1) is 0 Å². The summed E-state index contributed by atoms with van der Waals surface area (Å²) < 4.78 is 0. The highest BCUT2D eigenvalue weighted by atomic mass is 16.1. The van der Waals surface area contributed by atoms with Crippen LogP contribution < -0.4 is 0 Å². The highest BCUT2D eigenvalue weighted by Gasteiger charge is 1.81. The molecule has 0 aliphatic rings. The van der Waals surface area contributed by atoms with Gasteiger partial charge in [0.1, 0.15) is 6.29 Å². The van der Waals surface area contributed by atoms with Gasteiger partial charge in [-0.05, 0) is 25.8 Å². The van der Waals surface area contributed by atoms with Gasteiger partial charge in [0.2, 0.25) is 0 Å². The molecule has 0 aromatic heterocycles. The molecule has 1 heteroatoms. The predicted molar refractivity (Wildman–Crippen MR) is 43.9 cm³/mol. The molecule has 0 N–H and O–H groups in total. The lowest BCUT2D eigenvalue weighted by atomic mass is 10.2. The number of allylic oxidation sites excluding steroid dienone is 4. The summed E-state index contributed by atoms with van der Waals surface area (Å²) in [6.07, 6.45) is 8.56. The number of carbonyl (C=O) groups excluding carboxylic acids is 1. The molecule has 56 valence electrons. The third-order valence-corrected chi connectivity index (χ3v) is 1.19. The van der Waals surface area contributed by atoms with Crippen molar-refractivity contribution in [1.29, 1.82) is 0 Å². The van der Waals surface area contributed by atoms with Crippen LogP contribution in [0.1, 0.15) is 26.7 Å². The fourth-order valence-corrected chi connectivity index (χ4v) is 0.620. The lowest BCUT2D eigenvalue weighted by Gasteiger charge is -1.89. The molecule has 10 heavy (non-hydrogen) atoms. The van der Waals surface area contributed by atoms with Gasteiger partial charge in [0.05, 0.1) is 0 Å². The van der Waals surface area contributed by atoms with E-state index in [1.54, 1.807) is 6.08 Å². The van der Waals surface area contributed by atoms with Crippen LogP contribution in [0.2, 0.25) is 0 Å². The molecule has 0 bridgehead atoms. The van der Waals surface area contributed by atoms with E-state index >= 15 is 0 Å². The maximum atomic E-state index is 9.95. The fourth-order valence-electron chi connectivity index (χ4n) is 0.620. The van der Waals surface area contributed by atoms with Gasteiger partial charge in [0, 0.05) is 0 Å². The van der Waals surface area contributed by atoms with Crippen LogP contribution in [-0.2, 0) is 4.79 Å². The molecule has 0 aromatic carbocycles. The van der Waals surface area contributed by atoms with Crippen molar-refractivity contribution in [3.8, 4) is 0 Å². The maximum Gasteiger partial charge on any atom is 0.142 e. The van der Waals surface area contributed by atoms with E-state index in [0.29, 0.717) is 0 Å². The first-order valence-corrected chi connectivity index (χ1v) is 3.57. The van der Waals surface area contributed by atoms with E-state index in [4.69, 9.17) is 0 Å². The quantitative estimate of drug-likeness (QED) is 0.331. The average molecular weight is 138 g/mol. The van der Waals surface area contributed by atoms with Gasteiger partial charge in [-0.3, -0.25) is 4.79 Å².